The van der Waals surface area contributed by atoms with Crippen LogP contribution in [0.5, 0.6) is 5.75 Å². The summed E-state index contributed by atoms with van der Waals surface area (Å²) in [5, 5.41) is 3.48. The predicted molar refractivity (Wildman–Crippen MR) is 107 cm³/mol. The maximum Gasteiger partial charge on any atom is 0.308 e. The Bertz CT molecular complexity index is 979. The lowest BCUT2D eigenvalue weighted by Crippen LogP contribution is -2.32. The van der Waals surface area contributed by atoms with Gasteiger partial charge in [-0.2, -0.15) is 0 Å². The first-order valence-corrected chi connectivity index (χ1v) is 9.57. The van der Waals surface area contributed by atoms with E-state index in [1.165, 1.54) is 11.3 Å². The molecule has 136 valence electrons. The molecule has 0 bridgehead atoms. The molecular weight excluding hydrogens is 372 g/mol. The molecule has 0 unspecified atom stereocenters. The lowest BCUT2D eigenvalue weighted by Gasteiger charge is -2.17. The van der Waals surface area contributed by atoms with E-state index in [1.54, 1.807) is 34.9 Å². The lowest BCUT2D eigenvalue weighted by atomic mass is 10.2. The third kappa shape index (κ3) is 3.92. The fourth-order valence-corrected chi connectivity index (χ4v) is 3.79. The van der Waals surface area contributed by atoms with Crippen LogP contribution < -0.4 is 14.9 Å². The van der Waals surface area contributed by atoms with Crippen LogP contribution in [-0.2, 0) is 11.3 Å². The highest BCUT2D eigenvalue weighted by molar-refractivity contribution is 7.16. The topological polar surface area (TPSA) is 60.3 Å². The maximum absolute atomic E-state index is 12.6. The van der Waals surface area contributed by atoms with E-state index in [-0.39, 0.29) is 10.8 Å². The number of ether oxygens (including phenoxy) is 1. The molecule has 3 aromatic rings. The highest BCUT2D eigenvalue weighted by Gasteiger charge is 2.19. The number of carbonyl (C=O) groups is 1. The van der Waals surface area contributed by atoms with Gasteiger partial charge in [0.05, 0.1) is 10.2 Å². The van der Waals surface area contributed by atoms with Crippen LogP contribution in [0.3, 0.4) is 0 Å². The average molecular weight is 391 g/mol. The number of benzene rings is 2. The largest absolute Gasteiger partial charge is 0.481 e. The number of aryl methyl sites for hydroxylation is 1. The molecule has 1 amide bonds. The quantitative estimate of drug-likeness (QED) is 0.672. The van der Waals surface area contributed by atoms with Gasteiger partial charge >= 0.3 is 4.87 Å². The van der Waals surface area contributed by atoms with Gasteiger partial charge in [-0.05, 0) is 55.8 Å². The minimum absolute atomic E-state index is 0.00322. The number of halogens is 1. The zero-order valence-electron chi connectivity index (χ0n) is 14.5. The van der Waals surface area contributed by atoms with Crippen LogP contribution >= 0.6 is 22.9 Å². The Labute approximate surface area is 160 Å². The zero-order valence-corrected chi connectivity index (χ0v) is 16.1. The van der Waals surface area contributed by atoms with Gasteiger partial charge in [0, 0.05) is 17.3 Å². The predicted octanol–water partition coefficient (Wildman–Crippen LogP) is 4.53. The highest BCUT2D eigenvalue weighted by Crippen LogP contribution is 2.23. The standard InChI is InChI=1S/C19H19ClN2O3S/c1-3-16(25-14-8-5-12(20)6-9-14)18(23)21-13-7-10-15-17(11-13)26-19(24)22(15)4-2/h5-11,16H,3-4H2,1-2H3,(H,21,23)/t16-/m0/s1. The minimum Gasteiger partial charge on any atom is -0.481 e. The lowest BCUT2D eigenvalue weighted by molar-refractivity contribution is -0.122. The first kappa shape index (κ1) is 18.5. The molecule has 0 aliphatic heterocycles. The normalized spacial score (nSPS) is 12.1. The Morgan fingerprint density at radius 2 is 1.96 bits per heavy atom. The third-order valence-corrected chi connectivity index (χ3v) is 5.20. The number of hydrogen-bond acceptors (Lipinski definition) is 4. The molecule has 26 heavy (non-hydrogen) atoms. The van der Waals surface area contributed by atoms with Crippen molar-refractivity contribution in [2.45, 2.75) is 32.9 Å². The van der Waals surface area contributed by atoms with Gasteiger partial charge in [-0.3, -0.25) is 14.2 Å². The molecule has 2 aromatic carbocycles. The fourth-order valence-electron chi connectivity index (χ4n) is 2.67. The monoisotopic (exact) mass is 390 g/mol. The Hall–Kier alpha value is -2.31. The van der Waals surface area contributed by atoms with Crippen LogP contribution in [0, 0.1) is 0 Å². The number of nitrogens with one attached hydrogen (secondary N) is 1. The Kier molecular flexibility index (Phi) is 5.64. The van der Waals surface area contributed by atoms with Crippen molar-refractivity contribution in [3.63, 3.8) is 0 Å². The summed E-state index contributed by atoms with van der Waals surface area (Å²) in [6, 6.07) is 12.4. The second-order valence-corrected chi connectivity index (χ2v) is 7.18. The van der Waals surface area contributed by atoms with Crippen LogP contribution in [0.1, 0.15) is 20.3 Å². The SMILES string of the molecule is CC[C@H](Oc1ccc(Cl)cc1)C(=O)Nc1ccc2c(c1)sc(=O)n2CC. The van der Waals surface area contributed by atoms with Gasteiger partial charge in [0.1, 0.15) is 5.75 Å². The highest BCUT2D eigenvalue weighted by atomic mass is 35.5. The van der Waals surface area contributed by atoms with Crippen molar-refractivity contribution in [3.8, 4) is 5.75 Å². The molecule has 7 heteroatoms. The molecule has 1 heterocycles. The summed E-state index contributed by atoms with van der Waals surface area (Å²) < 4.78 is 8.32. The van der Waals surface area contributed by atoms with Crippen LogP contribution in [-0.4, -0.2) is 16.6 Å². The van der Waals surface area contributed by atoms with Crippen LogP contribution in [0.2, 0.25) is 5.02 Å². The molecule has 0 saturated heterocycles. The fraction of sp³-hybridized carbons (Fsp3) is 0.263. The van der Waals surface area contributed by atoms with E-state index in [0.717, 1.165) is 10.2 Å². The summed E-state index contributed by atoms with van der Waals surface area (Å²) >= 11 is 7.04. The van der Waals surface area contributed by atoms with E-state index < -0.39 is 6.10 Å². The first-order chi connectivity index (χ1) is 12.5. The summed E-state index contributed by atoms with van der Waals surface area (Å²) in [4.78, 5) is 24.5. The van der Waals surface area contributed by atoms with Crippen molar-refractivity contribution in [3.05, 3.63) is 57.2 Å². The summed E-state index contributed by atoms with van der Waals surface area (Å²) in [7, 11) is 0. The van der Waals surface area contributed by atoms with E-state index in [9.17, 15) is 9.59 Å². The van der Waals surface area contributed by atoms with E-state index in [0.29, 0.717) is 29.4 Å². The molecule has 1 N–H and O–H groups in total. The smallest absolute Gasteiger partial charge is 0.308 e. The van der Waals surface area contributed by atoms with Crippen molar-refractivity contribution in [2.75, 3.05) is 5.32 Å². The van der Waals surface area contributed by atoms with Gasteiger partial charge in [-0.1, -0.05) is 29.9 Å². The van der Waals surface area contributed by atoms with Gasteiger partial charge in [0.15, 0.2) is 6.10 Å². The molecule has 1 atom stereocenters. The van der Waals surface area contributed by atoms with Gasteiger partial charge in [0.2, 0.25) is 0 Å². The first-order valence-electron chi connectivity index (χ1n) is 8.38. The number of aromatic nitrogens is 1. The molecular formula is C19H19ClN2O3S. The maximum atomic E-state index is 12.6. The number of hydrogen-bond donors (Lipinski definition) is 1. The molecule has 0 fully saturated rings. The molecule has 3 rings (SSSR count). The van der Waals surface area contributed by atoms with E-state index in [2.05, 4.69) is 5.32 Å². The Balaban J connectivity index is 1.76. The minimum atomic E-state index is -0.620. The van der Waals surface area contributed by atoms with Crippen molar-refractivity contribution in [1.29, 1.82) is 0 Å². The summed E-state index contributed by atoms with van der Waals surface area (Å²) in [6.07, 6.45) is -0.0955. The van der Waals surface area contributed by atoms with E-state index >= 15 is 0 Å². The number of fused-ring (bicyclic) bond motifs is 1. The van der Waals surface area contributed by atoms with Gasteiger partial charge in [-0.15, -0.1) is 0 Å². The number of amides is 1. The molecule has 0 saturated carbocycles. The second-order valence-electron chi connectivity index (χ2n) is 5.75. The van der Waals surface area contributed by atoms with E-state index in [1.807, 2.05) is 26.0 Å². The van der Waals surface area contributed by atoms with Crippen molar-refractivity contribution in [1.82, 2.24) is 4.57 Å². The number of anilines is 1. The van der Waals surface area contributed by atoms with E-state index in [4.69, 9.17) is 16.3 Å². The molecule has 0 aliphatic rings. The Morgan fingerprint density at radius 3 is 2.62 bits per heavy atom. The summed E-state index contributed by atoms with van der Waals surface area (Å²) in [5.74, 6) is 0.356. The van der Waals surface area contributed by atoms with Gasteiger partial charge in [0.25, 0.3) is 5.91 Å². The molecule has 1 aromatic heterocycles. The van der Waals surface area contributed by atoms with Crippen LogP contribution in [0.25, 0.3) is 10.2 Å². The number of nitrogens with zero attached hydrogens (tertiary/aromatic N) is 1. The Morgan fingerprint density at radius 1 is 1.23 bits per heavy atom. The molecule has 0 radical (unpaired) electrons. The number of carbonyl (C=O) groups excluding carboxylic acids is 1. The van der Waals surface area contributed by atoms with Gasteiger partial charge in [-0.25, -0.2) is 0 Å². The van der Waals surface area contributed by atoms with Gasteiger partial charge < -0.3 is 10.1 Å². The third-order valence-electron chi connectivity index (χ3n) is 4.01. The zero-order chi connectivity index (χ0) is 18.7. The average Bonchev–Trinajstić information content (AvgIpc) is 2.95. The van der Waals surface area contributed by atoms with Crippen LogP contribution in [0.15, 0.2) is 47.3 Å². The van der Waals surface area contributed by atoms with Crippen molar-refractivity contribution < 1.29 is 9.53 Å². The second kappa shape index (κ2) is 7.93. The van der Waals surface area contributed by atoms with Crippen molar-refractivity contribution >= 4 is 44.7 Å². The molecule has 0 spiro atoms. The number of thiazole rings is 1. The van der Waals surface area contributed by atoms with Crippen LogP contribution in [0.4, 0.5) is 5.69 Å². The molecule has 5 nitrogen and oxygen atoms in total. The summed E-state index contributed by atoms with van der Waals surface area (Å²) in [5.41, 5.74) is 1.52. The number of rotatable bonds is 6. The van der Waals surface area contributed by atoms with Crippen molar-refractivity contribution in [2.24, 2.45) is 0 Å². The molecule has 0 aliphatic carbocycles. The summed E-state index contributed by atoms with van der Waals surface area (Å²) in [6.45, 7) is 4.44.